The van der Waals surface area contributed by atoms with Gasteiger partial charge in [-0.3, -0.25) is 9.59 Å². The van der Waals surface area contributed by atoms with E-state index in [4.69, 9.17) is 13.3 Å². The van der Waals surface area contributed by atoms with Gasteiger partial charge in [0.05, 0.1) is 0 Å². The summed E-state index contributed by atoms with van der Waals surface area (Å²) in [4.78, 5) is 23.5. The fraction of sp³-hybridized carbons (Fsp3) is 0.875. The lowest BCUT2D eigenvalue weighted by Crippen LogP contribution is -2.46. The molecule has 0 aromatic heterocycles. The van der Waals surface area contributed by atoms with Gasteiger partial charge in [0.2, 0.25) is 5.78 Å². The highest BCUT2D eigenvalue weighted by Gasteiger charge is 2.39. The van der Waals surface area contributed by atoms with Crippen molar-refractivity contribution in [2.45, 2.75) is 65.8 Å². The normalized spacial score (nSPS) is 11.7. The van der Waals surface area contributed by atoms with Crippen LogP contribution in [0.3, 0.4) is 0 Å². The van der Waals surface area contributed by atoms with Gasteiger partial charge in [-0.2, -0.15) is 0 Å². The van der Waals surface area contributed by atoms with E-state index in [0.717, 1.165) is 37.4 Å². The second-order valence-corrected chi connectivity index (χ2v) is 8.90. The first-order valence-electron chi connectivity index (χ1n) is 8.66. The molecule has 0 heterocycles. The molecule has 7 heteroatoms. The largest absolute Gasteiger partial charge is 0.500 e. The maximum absolute atomic E-state index is 11.8. The Morgan fingerprint density at radius 3 is 1.91 bits per heavy atom. The average Bonchev–Trinajstić information content (AvgIpc) is 2.52. The maximum atomic E-state index is 11.8. The molecule has 0 spiro atoms. The summed E-state index contributed by atoms with van der Waals surface area (Å²) in [5, 5.41) is -0.322. The molecule has 0 atom stereocenters. The zero-order valence-electron chi connectivity index (χ0n) is 15.0. The molecule has 0 radical (unpaired) electrons. The van der Waals surface area contributed by atoms with Crippen molar-refractivity contribution in [2.24, 2.45) is 0 Å². The molecule has 0 saturated heterocycles. The Labute approximate surface area is 146 Å². The van der Waals surface area contributed by atoms with Crippen LogP contribution < -0.4 is 0 Å². The van der Waals surface area contributed by atoms with Crippen LogP contribution in [0.25, 0.3) is 0 Å². The van der Waals surface area contributed by atoms with Gasteiger partial charge in [0.1, 0.15) is 0 Å². The predicted molar refractivity (Wildman–Crippen MR) is 96.7 cm³/mol. The second-order valence-electron chi connectivity index (χ2n) is 5.10. The summed E-state index contributed by atoms with van der Waals surface area (Å²) < 4.78 is 17.3. The minimum Gasteiger partial charge on any atom is -0.374 e. The van der Waals surface area contributed by atoms with Crippen molar-refractivity contribution in [2.75, 3.05) is 25.6 Å². The monoisotopic (exact) mass is 364 g/mol. The lowest BCUT2D eigenvalue weighted by Gasteiger charge is -2.28. The van der Waals surface area contributed by atoms with Crippen LogP contribution in [0.4, 0.5) is 0 Å². The van der Waals surface area contributed by atoms with Gasteiger partial charge in [-0.25, -0.2) is 0 Å². The molecule has 23 heavy (non-hydrogen) atoms. The minimum absolute atomic E-state index is 0.258. The van der Waals surface area contributed by atoms with E-state index in [-0.39, 0.29) is 10.9 Å². The Hall–Kier alpha value is -0.213. The molecule has 0 N–H and O–H groups in total. The van der Waals surface area contributed by atoms with Crippen molar-refractivity contribution in [1.29, 1.82) is 0 Å². The van der Waals surface area contributed by atoms with Gasteiger partial charge in [0.25, 0.3) is 5.12 Å². The van der Waals surface area contributed by atoms with Crippen LogP contribution in [-0.2, 0) is 22.9 Å². The summed E-state index contributed by atoms with van der Waals surface area (Å²) >= 11 is 1.10. The van der Waals surface area contributed by atoms with Gasteiger partial charge in [0.15, 0.2) is 0 Å². The van der Waals surface area contributed by atoms with E-state index < -0.39 is 8.80 Å². The molecule has 5 nitrogen and oxygen atoms in total. The first kappa shape index (κ1) is 22.8. The van der Waals surface area contributed by atoms with Crippen molar-refractivity contribution < 1.29 is 22.9 Å². The van der Waals surface area contributed by atoms with E-state index in [1.807, 2.05) is 20.8 Å². The fourth-order valence-electron chi connectivity index (χ4n) is 2.17. The van der Waals surface area contributed by atoms with E-state index in [1.165, 1.54) is 0 Å². The standard InChI is InChI=1S/C16H32O5SSi/c1-5-9-10-12-15(17)16(18)22-13-11-14-23(19-6-2,20-7-3)21-8-4/h5-14H2,1-4H3. The van der Waals surface area contributed by atoms with Crippen molar-refractivity contribution >= 4 is 31.5 Å². The van der Waals surface area contributed by atoms with Crippen LogP contribution >= 0.6 is 11.8 Å². The van der Waals surface area contributed by atoms with Gasteiger partial charge in [-0.15, -0.1) is 0 Å². The highest BCUT2D eigenvalue weighted by atomic mass is 32.2. The molecule has 0 fully saturated rings. The first-order chi connectivity index (χ1) is 11.0. The van der Waals surface area contributed by atoms with Crippen molar-refractivity contribution in [1.82, 2.24) is 0 Å². The Morgan fingerprint density at radius 2 is 1.43 bits per heavy atom. The number of hydrogen-bond acceptors (Lipinski definition) is 6. The molecule has 0 rings (SSSR count). The Balaban J connectivity index is 4.17. The van der Waals surface area contributed by atoms with Gasteiger partial charge in [-0.05, 0) is 33.6 Å². The number of carbonyl (C=O) groups excluding carboxylic acids is 2. The zero-order chi connectivity index (χ0) is 17.6. The molecule has 0 aliphatic carbocycles. The van der Waals surface area contributed by atoms with Gasteiger partial charge in [-0.1, -0.05) is 31.5 Å². The van der Waals surface area contributed by atoms with Crippen LogP contribution in [0.2, 0.25) is 6.04 Å². The summed E-state index contributed by atoms with van der Waals surface area (Å²) in [6.07, 6.45) is 3.96. The van der Waals surface area contributed by atoms with E-state index in [9.17, 15) is 9.59 Å². The summed E-state index contributed by atoms with van der Waals surface area (Å²) in [5.41, 5.74) is 0. The topological polar surface area (TPSA) is 61.8 Å². The first-order valence-corrected chi connectivity index (χ1v) is 11.6. The SMILES string of the molecule is CCCCCC(=O)C(=O)SCCC[Si](OCC)(OCC)OCC. The lowest BCUT2D eigenvalue weighted by molar-refractivity contribution is -0.131. The molecule has 0 aliphatic heterocycles. The van der Waals surface area contributed by atoms with Crippen molar-refractivity contribution in [3.8, 4) is 0 Å². The van der Waals surface area contributed by atoms with E-state index >= 15 is 0 Å². The second kappa shape index (κ2) is 14.2. The van der Waals surface area contributed by atoms with Crippen molar-refractivity contribution in [3.05, 3.63) is 0 Å². The number of Topliss-reactive ketones (excluding diaryl/α,β-unsaturated/α-hetero) is 1. The Kier molecular flexibility index (Phi) is 14.0. The van der Waals surface area contributed by atoms with E-state index in [0.29, 0.717) is 38.0 Å². The Bertz CT molecular complexity index is 321. The van der Waals surface area contributed by atoms with Gasteiger partial charge < -0.3 is 13.3 Å². The highest BCUT2D eigenvalue weighted by molar-refractivity contribution is 8.15. The van der Waals surface area contributed by atoms with Gasteiger partial charge >= 0.3 is 8.80 Å². The van der Waals surface area contributed by atoms with Crippen LogP contribution in [0.1, 0.15) is 59.8 Å². The molecule has 0 amide bonds. The molecule has 0 aliphatic rings. The molecule has 136 valence electrons. The van der Waals surface area contributed by atoms with Crippen molar-refractivity contribution in [3.63, 3.8) is 0 Å². The number of hydrogen-bond donors (Lipinski definition) is 0. The number of unbranched alkanes of at least 4 members (excludes halogenated alkanes) is 2. The smallest absolute Gasteiger partial charge is 0.374 e. The Morgan fingerprint density at radius 1 is 0.870 bits per heavy atom. The molecule has 0 saturated carbocycles. The van der Waals surface area contributed by atoms with Crippen LogP contribution in [0, 0.1) is 0 Å². The molecule has 0 bridgehead atoms. The summed E-state index contributed by atoms with van der Waals surface area (Å²) in [7, 11) is -2.63. The molecular weight excluding hydrogens is 332 g/mol. The number of ketones is 1. The number of rotatable bonds is 15. The third-order valence-corrected chi connectivity index (χ3v) is 7.32. The average molecular weight is 365 g/mol. The predicted octanol–water partition coefficient (Wildman–Crippen LogP) is 3.83. The summed E-state index contributed by atoms with van der Waals surface area (Å²) in [6, 6.07) is 0.673. The quantitative estimate of drug-likeness (QED) is 0.250. The van der Waals surface area contributed by atoms with Crippen LogP contribution in [0.15, 0.2) is 0 Å². The maximum Gasteiger partial charge on any atom is 0.500 e. The summed E-state index contributed by atoms with van der Waals surface area (Å²) in [5.74, 6) is 0.340. The number of thioether (sulfide) groups is 1. The molecule has 0 unspecified atom stereocenters. The lowest BCUT2D eigenvalue weighted by atomic mass is 10.1. The van der Waals surface area contributed by atoms with Crippen LogP contribution in [-0.4, -0.2) is 45.3 Å². The van der Waals surface area contributed by atoms with Crippen LogP contribution in [0.5, 0.6) is 0 Å². The molecule has 0 aromatic carbocycles. The zero-order valence-corrected chi connectivity index (χ0v) is 16.8. The third kappa shape index (κ3) is 10.3. The minimum atomic E-state index is -2.63. The van der Waals surface area contributed by atoms with Gasteiger partial charge in [0, 0.05) is 38.0 Å². The van der Waals surface area contributed by atoms with E-state index in [2.05, 4.69) is 6.92 Å². The molecular formula is C16H32O5SSi. The molecule has 0 aromatic rings. The third-order valence-electron chi connectivity index (χ3n) is 3.19. The van der Waals surface area contributed by atoms with E-state index in [1.54, 1.807) is 0 Å². The fourth-order valence-corrected chi connectivity index (χ4v) is 5.78. The highest BCUT2D eigenvalue weighted by Crippen LogP contribution is 2.20. The number of carbonyl (C=O) groups is 2. The summed E-state index contributed by atoms with van der Waals surface area (Å²) in [6.45, 7) is 9.50.